The Hall–Kier alpha value is -1.49. The second-order valence-electron chi connectivity index (χ2n) is 6.11. The van der Waals surface area contributed by atoms with Crippen molar-refractivity contribution in [3.05, 3.63) is 24.3 Å². The molecular formula is C18H26N2O2S. The third-order valence-electron chi connectivity index (χ3n) is 3.98. The first-order chi connectivity index (χ1) is 11.1. The molecule has 0 bridgehead atoms. The van der Waals surface area contributed by atoms with Gasteiger partial charge in [-0.3, -0.25) is 9.59 Å². The quantitative estimate of drug-likeness (QED) is 0.707. The van der Waals surface area contributed by atoms with E-state index in [9.17, 15) is 9.59 Å². The summed E-state index contributed by atoms with van der Waals surface area (Å²) in [6.07, 6.45) is 6.05. The molecule has 1 aliphatic heterocycles. The number of para-hydroxylation sites is 1. The predicted octanol–water partition coefficient (Wildman–Crippen LogP) is 3.96. The van der Waals surface area contributed by atoms with E-state index in [-0.39, 0.29) is 29.5 Å². The molecule has 126 valence electrons. The molecule has 0 aliphatic carbocycles. The SMILES string of the molecule is CCCCCCC(C)NC(=O)CC1Sc2ccccc2NC1=O. The summed E-state index contributed by atoms with van der Waals surface area (Å²) in [6.45, 7) is 4.23. The van der Waals surface area contributed by atoms with Gasteiger partial charge in [0, 0.05) is 17.4 Å². The number of amides is 2. The molecule has 0 saturated heterocycles. The third-order valence-corrected chi connectivity index (χ3v) is 5.25. The first kappa shape index (κ1) is 17.9. The molecule has 1 heterocycles. The summed E-state index contributed by atoms with van der Waals surface area (Å²) in [5.74, 6) is -0.125. The van der Waals surface area contributed by atoms with Crippen LogP contribution in [0.2, 0.25) is 0 Å². The van der Waals surface area contributed by atoms with Gasteiger partial charge < -0.3 is 10.6 Å². The van der Waals surface area contributed by atoms with Crippen LogP contribution in [0.5, 0.6) is 0 Å². The van der Waals surface area contributed by atoms with Gasteiger partial charge in [-0.15, -0.1) is 11.8 Å². The molecule has 0 saturated carbocycles. The fourth-order valence-electron chi connectivity index (χ4n) is 2.68. The number of rotatable bonds is 8. The molecule has 0 fully saturated rings. The molecule has 0 aromatic heterocycles. The van der Waals surface area contributed by atoms with Crippen LogP contribution >= 0.6 is 11.8 Å². The number of carbonyl (C=O) groups is 2. The lowest BCUT2D eigenvalue weighted by atomic mass is 10.1. The lowest BCUT2D eigenvalue weighted by Gasteiger charge is -2.24. The normalized spacial score (nSPS) is 18.0. The number of carbonyl (C=O) groups excluding carboxylic acids is 2. The molecule has 2 N–H and O–H groups in total. The summed E-state index contributed by atoms with van der Waals surface area (Å²) in [7, 11) is 0. The smallest absolute Gasteiger partial charge is 0.238 e. The number of nitrogens with one attached hydrogen (secondary N) is 2. The lowest BCUT2D eigenvalue weighted by molar-refractivity contribution is -0.124. The number of anilines is 1. The molecule has 23 heavy (non-hydrogen) atoms. The summed E-state index contributed by atoms with van der Waals surface area (Å²) in [6, 6.07) is 7.87. The first-order valence-electron chi connectivity index (χ1n) is 8.46. The zero-order valence-corrected chi connectivity index (χ0v) is 14.7. The Morgan fingerprint density at radius 3 is 2.87 bits per heavy atom. The summed E-state index contributed by atoms with van der Waals surface area (Å²) < 4.78 is 0. The number of hydrogen-bond donors (Lipinski definition) is 2. The van der Waals surface area contributed by atoms with Crippen molar-refractivity contribution in [3.8, 4) is 0 Å². The number of fused-ring (bicyclic) bond motifs is 1. The van der Waals surface area contributed by atoms with Crippen molar-refractivity contribution >= 4 is 29.3 Å². The number of unbranched alkanes of at least 4 members (excludes halogenated alkanes) is 3. The van der Waals surface area contributed by atoms with Crippen LogP contribution in [0.3, 0.4) is 0 Å². The number of thioether (sulfide) groups is 1. The molecule has 0 radical (unpaired) electrons. The average molecular weight is 334 g/mol. The molecule has 1 aromatic rings. The molecule has 2 rings (SSSR count). The van der Waals surface area contributed by atoms with E-state index in [1.165, 1.54) is 31.0 Å². The highest BCUT2D eigenvalue weighted by Crippen LogP contribution is 2.36. The lowest BCUT2D eigenvalue weighted by Crippen LogP contribution is -2.38. The van der Waals surface area contributed by atoms with E-state index in [2.05, 4.69) is 17.6 Å². The van der Waals surface area contributed by atoms with Crippen LogP contribution in [0.25, 0.3) is 0 Å². The Labute approximate surface area is 142 Å². The monoisotopic (exact) mass is 334 g/mol. The molecule has 0 spiro atoms. The Morgan fingerprint density at radius 1 is 1.30 bits per heavy atom. The van der Waals surface area contributed by atoms with E-state index < -0.39 is 0 Å². The predicted molar refractivity (Wildman–Crippen MR) is 95.7 cm³/mol. The van der Waals surface area contributed by atoms with Crippen molar-refractivity contribution < 1.29 is 9.59 Å². The van der Waals surface area contributed by atoms with Crippen molar-refractivity contribution in [2.24, 2.45) is 0 Å². The minimum absolute atomic E-state index is 0.0416. The van der Waals surface area contributed by atoms with Gasteiger partial charge in [0.15, 0.2) is 0 Å². The molecule has 2 amide bonds. The second-order valence-corrected chi connectivity index (χ2v) is 7.36. The van der Waals surface area contributed by atoms with Crippen molar-refractivity contribution in [3.63, 3.8) is 0 Å². The van der Waals surface area contributed by atoms with Gasteiger partial charge in [0.1, 0.15) is 0 Å². The maximum absolute atomic E-state index is 12.2. The molecule has 1 aromatic carbocycles. The summed E-state index contributed by atoms with van der Waals surface area (Å²) in [5.41, 5.74) is 0.837. The Bertz CT molecular complexity index is 548. The Kier molecular flexibility index (Phi) is 6.96. The van der Waals surface area contributed by atoms with Gasteiger partial charge in [-0.1, -0.05) is 44.7 Å². The highest BCUT2D eigenvalue weighted by atomic mass is 32.2. The van der Waals surface area contributed by atoms with E-state index in [4.69, 9.17) is 0 Å². The van der Waals surface area contributed by atoms with Crippen LogP contribution < -0.4 is 10.6 Å². The third kappa shape index (κ3) is 5.57. The Morgan fingerprint density at radius 2 is 2.09 bits per heavy atom. The average Bonchev–Trinajstić information content (AvgIpc) is 2.52. The number of hydrogen-bond acceptors (Lipinski definition) is 3. The maximum atomic E-state index is 12.2. The standard InChI is InChI=1S/C18H26N2O2S/c1-3-4-5-6-9-13(2)19-17(21)12-16-18(22)20-14-10-7-8-11-15(14)23-16/h7-8,10-11,13,16H,3-6,9,12H2,1-2H3,(H,19,21)(H,20,22). The second kappa shape index (κ2) is 8.96. The van der Waals surface area contributed by atoms with Gasteiger partial charge in [-0.25, -0.2) is 0 Å². The number of benzene rings is 1. The van der Waals surface area contributed by atoms with E-state index in [0.717, 1.165) is 23.4 Å². The van der Waals surface area contributed by atoms with Crippen molar-refractivity contribution in [2.75, 3.05) is 5.32 Å². The zero-order valence-electron chi connectivity index (χ0n) is 13.9. The van der Waals surface area contributed by atoms with Gasteiger partial charge in [0.05, 0.1) is 10.9 Å². The van der Waals surface area contributed by atoms with Crippen LogP contribution in [0.4, 0.5) is 5.69 Å². The molecule has 2 atom stereocenters. The zero-order chi connectivity index (χ0) is 16.7. The van der Waals surface area contributed by atoms with Gasteiger partial charge in [-0.05, 0) is 25.5 Å². The topological polar surface area (TPSA) is 58.2 Å². The molecule has 4 nitrogen and oxygen atoms in total. The first-order valence-corrected chi connectivity index (χ1v) is 9.34. The van der Waals surface area contributed by atoms with Crippen LogP contribution in [-0.2, 0) is 9.59 Å². The largest absolute Gasteiger partial charge is 0.354 e. The van der Waals surface area contributed by atoms with Crippen LogP contribution in [0.15, 0.2) is 29.2 Å². The summed E-state index contributed by atoms with van der Waals surface area (Å²) >= 11 is 1.47. The molecular weight excluding hydrogens is 308 g/mol. The van der Waals surface area contributed by atoms with Crippen molar-refractivity contribution in [1.29, 1.82) is 0 Å². The van der Waals surface area contributed by atoms with Crippen molar-refractivity contribution in [1.82, 2.24) is 5.32 Å². The van der Waals surface area contributed by atoms with Gasteiger partial charge in [-0.2, -0.15) is 0 Å². The summed E-state index contributed by atoms with van der Waals surface area (Å²) in [5, 5.41) is 5.54. The maximum Gasteiger partial charge on any atom is 0.238 e. The minimum atomic E-state index is -0.350. The van der Waals surface area contributed by atoms with E-state index >= 15 is 0 Å². The fraction of sp³-hybridized carbons (Fsp3) is 0.556. The van der Waals surface area contributed by atoms with Crippen LogP contribution in [0.1, 0.15) is 52.4 Å². The van der Waals surface area contributed by atoms with Crippen LogP contribution in [0, 0.1) is 0 Å². The van der Waals surface area contributed by atoms with E-state index in [0.29, 0.717) is 0 Å². The Balaban J connectivity index is 1.78. The molecule has 1 aliphatic rings. The molecule has 5 heteroatoms. The summed E-state index contributed by atoms with van der Waals surface area (Å²) in [4.78, 5) is 25.3. The van der Waals surface area contributed by atoms with Crippen LogP contribution in [-0.4, -0.2) is 23.1 Å². The fourth-order valence-corrected chi connectivity index (χ4v) is 3.79. The molecule has 2 unspecified atom stereocenters. The van der Waals surface area contributed by atoms with E-state index in [1.54, 1.807) is 0 Å². The van der Waals surface area contributed by atoms with Gasteiger partial charge in [0.2, 0.25) is 11.8 Å². The minimum Gasteiger partial charge on any atom is -0.354 e. The van der Waals surface area contributed by atoms with E-state index in [1.807, 2.05) is 31.2 Å². The van der Waals surface area contributed by atoms with Gasteiger partial charge in [0.25, 0.3) is 0 Å². The van der Waals surface area contributed by atoms with Gasteiger partial charge >= 0.3 is 0 Å². The highest BCUT2D eigenvalue weighted by Gasteiger charge is 2.28. The van der Waals surface area contributed by atoms with Crippen molar-refractivity contribution in [2.45, 2.75) is 68.6 Å². The highest BCUT2D eigenvalue weighted by molar-refractivity contribution is 8.01.